The Morgan fingerprint density at radius 2 is 2.05 bits per heavy atom. The highest BCUT2D eigenvalue weighted by atomic mass is 16.5. The number of nitrogens with one attached hydrogen (secondary N) is 1. The van der Waals surface area contributed by atoms with Gasteiger partial charge in [0, 0.05) is 34.8 Å². The van der Waals surface area contributed by atoms with Crippen LogP contribution in [0.15, 0.2) is 48.7 Å². The van der Waals surface area contributed by atoms with Gasteiger partial charge in [-0.05, 0) is 12.1 Å². The summed E-state index contributed by atoms with van der Waals surface area (Å²) >= 11 is 0. The van der Waals surface area contributed by atoms with E-state index >= 15 is 0 Å². The third kappa shape index (κ3) is 1.67. The second kappa shape index (κ2) is 4.36. The van der Waals surface area contributed by atoms with Crippen LogP contribution in [0.5, 0.6) is 0 Å². The van der Waals surface area contributed by atoms with Gasteiger partial charge in [0.05, 0.1) is 5.52 Å². The lowest BCUT2D eigenvalue weighted by Crippen LogP contribution is -1.94. The molecule has 22 heavy (non-hydrogen) atoms. The van der Waals surface area contributed by atoms with Crippen molar-refractivity contribution >= 4 is 34.3 Å². The minimum atomic E-state index is 0.355. The van der Waals surface area contributed by atoms with E-state index in [1.807, 2.05) is 24.3 Å². The predicted molar refractivity (Wildman–Crippen MR) is 84.6 cm³/mol. The number of imidazole rings is 1. The highest BCUT2D eigenvalue weighted by Crippen LogP contribution is 2.30. The molecule has 0 radical (unpaired) electrons. The Kier molecular flexibility index (Phi) is 2.47. The van der Waals surface area contributed by atoms with Crippen LogP contribution < -0.4 is 0 Å². The fraction of sp³-hybridized carbons (Fsp3) is 0. The van der Waals surface area contributed by atoms with E-state index in [1.165, 1.54) is 0 Å². The number of hydrogen-bond acceptors (Lipinski definition) is 3. The molecule has 108 valence electrons. The third-order valence-corrected chi connectivity index (χ3v) is 3.73. The summed E-state index contributed by atoms with van der Waals surface area (Å²) in [5, 5.41) is 22.7. The lowest BCUT2D eigenvalue weighted by molar-refractivity contribution is -0.349. The van der Waals surface area contributed by atoms with E-state index in [2.05, 4.69) is 16.7 Å². The fourth-order valence-corrected chi connectivity index (χ4v) is 2.64. The molecule has 0 fully saturated rings. The molecule has 4 aromatic rings. The first-order valence-electron chi connectivity index (χ1n) is 6.71. The van der Waals surface area contributed by atoms with Crippen molar-refractivity contribution in [2.24, 2.45) is 0 Å². The van der Waals surface area contributed by atoms with Gasteiger partial charge in [0.2, 0.25) is 5.69 Å². The quantitative estimate of drug-likeness (QED) is 0.196. The molecule has 6 nitrogen and oxygen atoms in total. The molecule has 2 N–H and O–H groups in total. The number of hydrogen-bond donors (Lipinski definition) is 2. The monoisotopic (exact) mass is 292 g/mol. The first-order chi connectivity index (χ1) is 10.6. The van der Waals surface area contributed by atoms with Gasteiger partial charge in [-0.15, -0.1) is 0 Å². The maximum absolute atomic E-state index is 11.3. The summed E-state index contributed by atoms with van der Waals surface area (Å²) in [6.07, 6.45) is 1.81. The highest BCUT2D eigenvalue weighted by Gasteiger charge is 2.16. The average molecular weight is 292 g/mol. The van der Waals surface area contributed by atoms with Gasteiger partial charge >= 0.3 is 0 Å². The van der Waals surface area contributed by atoms with Gasteiger partial charge in [-0.25, -0.2) is 4.98 Å². The molecule has 0 aliphatic heterocycles. The summed E-state index contributed by atoms with van der Waals surface area (Å²) in [5.74, 6) is 0.422. The van der Waals surface area contributed by atoms with E-state index in [4.69, 9.17) is 0 Å². The summed E-state index contributed by atoms with van der Waals surface area (Å²) in [4.78, 5) is 7.61. The Hall–Kier alpha value is -3.28. The first kappa shape index (κ1) is 12.5. The van der Waals surface area contributed by atoms with E-state index in [9.17, 15) is 10.4 Å². The topological polar surface area (TPSA) is 79.9 Å². The van der Waals surface area contributed by atoms with Crippen molar-refractivity contribution in [2.75, 3.05) is 0 Å². The van der Waals surface area contributed by atoms with Gasteiger partial charge in [0.15, 0.2) is 5.82 Å². The lowest BCUT2D eigenvalue weighted by Gasteiger charge is -2.01. The van der Waals surface area contributed by atoms with Crippen LogP contribution in [0.25, 0.3) is 33.3 Å². The number of nitrogens with zero attached hydrogens (tertiary/aromatic N) is 3. The van der Waals surface area contributed by atoms with Gasteiger partial charge in [-0.3, -0.25) is 0 Å². The summed E-state index contributed by atoms with van der Waals surface area (Å²) in [6, 6.07) is 12.6. The molecule has 4 rings (SSSR count). The Balaban J connectivity index is 1.99. The Morgan fingerprint density at radius 3 is 2.86 bits per heavy atom. The molecule has 2 aromatic heterocycles. The van der Waals surface area contributed by atoms with Gasteiger partial charge in [-0.2, -0.15) is 9.47 Å². The third-order valence-electron chi connectivity index (χ3n) is 3.73. The summed E-state index contributed by atoms with van der Waals surface area (Å²) in [7, 11) is 0. The van der Waals surface area contributed by atoms with Crippen LogP contribution in [0.2, 0.25) is 0 Å². The number of H-pyrrole nitrogens is 1. The minimum absolute atomic E-state index is 0.355. The van der Waals surface area contributed by atoms with Crippen molar-refractivity contribution in [1.29, 1.82) is 0 Å². The zero-order valence-corrected chi connectivity index (χ0v) is 11.5. The van der Waals surface area contributed by atoms with Gasteiger partial charge in [0.1, 0.15) is 12.2 Å². The zero-order chi connectivity index (χ0) is 15.3. The molecule has 0 bridgehead atoms. The van der Waals surface area contributed by atoms with Crippen LogP contribution in [0.1, 0.15) is 0 Å². The molecule has 0 amide bonds. The smallest absolute Gasteiger partial charge is 0.218 e. The lowest BCUT2D eigenvalue weighted by atomic mass is 10.2. The Morgan fingerprint density at radius 1 is 1.23 bits per heavy atom. The molecule has 0 unspecified atom stereocenters. The van der Waals surface area contributed by atoms with Gasteiger partial charge in [0.25, 0.3) is 0 Å². The molecular formula is C16H12N4O2. The van der Waals surface area contributed by atoms with Gasteiger partial charge < -0.3 is 15.4 Å². The number of fused-ring (bicyclic) bond motifs is 2. The standard InChI is InChI=1S/C16H12N4O2/c1-19(21)10-6-7-14-15(8-10)20(22)16(18-14)12-9-17-13-5-3-2-4-11(12)13/h2-9,17,22H,1H2. The van der Waals surface area contributed by atoms with E-state index in [-0.39, 0.29) is 0 Å². The summed E-state index contributed by atoms with van der Waals surface area (Å²) in [5.41, 5.74) is 3.18. The number of benzene rings is 2. The minimum Gasteiger partial charge on any atom is -0.619 e. The Labute approximate surface area is 125 Å². The Bertz CT molecular complexity index is 1030. The van der Waals surface area contributed by atoms with Crippen LogP contribution in [-0.2, 0) is 0 Å². The maximum atomic E-state index is 11.3. The van der Waals surface area contributed by atoms with Crippen LogP contribution in [0.3, 0.4) is 0 Å². The summed E-state index contributed by atoms with van der Waals surface area (Å²) < 4.78 is 1.50. The highest BCUT2D eigenvalue weighted by molar-refractivity contribution is 5.95. The second-order valence-electron chi connectivity index (χ2n) is 5.05. The largest absolute Gasteiger partial charge is 0.619 e. The van der Waals surface area contributed by atoms with Crippen molar-refractivity contribution in [3.8, 4) is 11.4 Å². The predicted octanol–water partition coefficient (Wildman–Crippen LogP) is 3.26. The van der Waals surface area contributed by atoms with Crippen molar-refractivity contribution in [3.63, 3.8) is 0 Å². The molecular weight excluding hydrogens is 280 g/mol. The average Bonchev–Trinajstić information content (AvgIpc) is 3.08. The number of aromatic amines is 1. The zero-order valence-electron chi connectivity index (χ0n) is 11.5. The number of aromatic nitrogens is 3. The second-order valence-corrected chi connectivity index (χ2v) is 5.05. The molecule has 2 heterocycles. The first-order valence-corrected chi connectivity index (χ1v) is 6.71. The fourth-order valence-electron chi connectivity index (χ4n) is 2.64. The molecule has 0 spiro atoms. The summed E-state index contributed by atoms with van der Waals surface area (Å²) in [6.45, 7) is 3.30. The van der Waals surface area contributed by atoms with Crippen LogP contribution >= 0.6 is 0 Å². The van der Waals surface area contributed by atoms with Crippen molar-refractivity contribution < 1.29 is 9.95 Å². The van der Waals surface area contributed by atoms with Crippen LogP contribution in [0.4, 0.5) is 5.69 Å². The molecule has 0 aliphatic rings. The molecule has 0 atom stereocenters. The van der Waals surface area contributed by atoms with Crippen molar-refractivity contribution in [1.82, 2.24) is 14.7 Å². The molecule has 6 heteroatoms. The normalized spacial score (nSPS) is 11.3. The molecule has 0 saturated heterocycles. The van der Waals surface area contributed by atoms with E-state index < -0.39 is 0 Å². The van der Waals surface area contributed by atoms with Crippen LogP contribution in [0, 0.1) is 5.21 Å². The molecule has 2 aromatic carbocycles. The van der Waals surface area contributed by atoms with Crippen LogP contribution in [-0.4, -0.2) is 31.4 Å². The molecule has 0 saturated carbocycles. The van der Waals surface area contributed by atoms with Crippen molar-refractivity contribution in [3.05, 3.63) is 53.9 Å². The number of rotatable bonds is 2. The SMILES string of the molecule is C=[N+]([O-])c1ccc2nc(-c3c[nH]c4ccccc34)n(O)c2c1. The van der Waals surface area contributed by atoms with E-state index in [1.54, 1.807) is 24.4 Å². The van der Waals surface area contributed by atoms with Crippen molar-refractivity contribution in [2.45, 2.75) is 0 Å². The number of para-hydroxylation sites is 1. The van der Waals surface area contributed by atoms with E-state index in [0.717, 1.165) is 21.2 Å². The maximum Gasteiger partial charge on any atom is 0.218 e. The van der Waals surface area contributed by atoms with Gasteiger partial charge in [-0.1, -0.05) is 18.2 Å². The molecule has 0 aliphatic carbocycles. The van der Waals surface area contributed by atoms with E-state index in [0.29, 0.717) is 27.3 Å².